The second-order valence-corrected chi connectivity index (χ2v) is 6.23. The minimum Gasteiger partial charge on any atom is -0.356 e. The van der Waals surface area contributed by atoms with Crippen LogP contribution in [0.4, 0.5) is 0 Å². The van der Waals surface area contributed by atoms with Crippen LogP contribution in [0.2, 0.25) is 0 Å². The summed E-state index contributed by atoms with van der Waals surface area (Å²) < 4.78 is 0. The van der Waals surface area contributed by atoms with Gasteiger partial charge in [-0.2, -0.15) is 0 Å². The quantitative estimate of drug-likeness (QED) is 0.292. The molecular weight excluding hydrogens is 411 g/mol. The van der Waals surface area contributed by atoms with Gasteiger partial charge in [0.05, 0.1) is 5.52 Å². The molecule has 5 heteroatoms. The van der Waals surface area contributed by atoms with Crippen LogP contribution in [0.15, 0.2) is 41.5 Å². The summed E-state index contributed by atoms with van der Waals surface area (Å²) in [6.07, 6.45) is 5.56. The number of hydrogen-bond donors (Lipinski definition) is 2. The van der Waals surface area contributed by atoms with Crippen LogP contribution < -0.4 is 10.6 Å². The van der Waals surface area contributed by atoms with Crippen LogP contribution in [0.25, 0.3) is 10.9 Å². The van der Waals surface area contributed by atoms with Gasteiger partial charge < -0.3 is 10.6 Å². The highest BCUT2D eigenvalue weighted by Crippen LogP contribution is 2.15. The Bertz CT molecular complexity index is 635. The highest BCUT2D eigenvalue weighted by atomic mass is 127. The molecule has 1 aromatic carbocycles. The Morgan fingerprint density at radius 2 is 1.92 bits per heavy atom. The van der Waals surface area contributed by atoms with Crippen molar-refractivity contribution in [3.05, 3.63) is 42.1 Å². The van der Waals surface area contributed by atoms with Crippen molar-refractivity contribution >= 4 is 40.8 Å². The fourth-order valence-corrected chi connectivity index (χ4v) is 2.59. The Morgan fingerprint density at radius 3 is 2.67 bits per heavy atom. The Balaban J connectivity index is 0.00000288. The Hall–Kier alpha value is -1.37. The number of unbranched alkanes of at least 4 members (excludes halogenated alkanes) is 1. The fraction of sp³-hybridized carbons (Fsp3) is 0.474. The van der Waals surface area contributed by atoms with Crippen molar-refractivity contribution in [3.8, 4) is 0 Å². The summed E-state index contributed by atoms with van der Waals surface area (Å²) in [6, 6.07) is 10.3. The molecule has 0 bridgehead atoms. The second-order valence-electron chi connectivity index (χ2n) is 6.23. The molecule has 132 valence electrons. The predicted octanol–water partition coefficient (Wildman–Crippen LogP) is 4.34. The van der Waals surface area contributed by atoms with E-state index in [0.717, 1.165) is 30.5 Å². The molecule has 0 aliphatic heterocycles. The summed E-state index contributed by atoms with van der Waals surface area (Å²) in [5.41, 5.74) is 2.24. The molecule has 0 radical (unpaired) electrons. The first-order valence-corrected chi connectivity index (χ1v) is 8.48. The molecule has 1 heterocycles. The normalized spacial score (nSPS) is 11.4. The van der Waals surface area contributed by atoms with Crippen LogP contribution in [0, 0.1) is 5.92 Å². The van der Waals surface area contributed by atoms with Crippen molar-refractivity contribution in [3.63, 3.8) is 0 Å². The Morgan fingerprint density at radius 1 is 1.12 bits per heavy atom. The van der Waals surface area contributed by atoms with Crippen LogP contribution in [0.1, 0.15) is 38.7 Å². The van der Waals surface area contributed by atoms with Crippen molar-refractivity contribution in [2.24, 2.45) is 10.9 Å². The summed E-state index contributed by atoms with van der Waals surface area (Å²) in [7, 11) is 1.81. The highest BCUT2D eigenvalue weighted by molar-refractivity contribution is 14.0. The summed E-state index contributed by atoms with van der Waals surface area (Å²) in [6.45, 7) is 6.22. The molecule has 2 aromatic rings. The maximum absolute atomic E-state index is 4.49. The number of nitrogens with one attached hydrogen (secondary N) is 2. The summed E-state index contributed by atoms with van der Waals surface area (Å²) in [5.74, 6) is 1.63. The average Bonchev–Trinajstić information content (AvgIpc) is 2.57. The van der Waals surface area contributed by atoms with Crippen molar-refractivity contribution in [2.75, 3.05) is 13.6 Å². The standard InChI is InChI=1S/C19H28N4.HI/c1-15(2)8-4-5-12-22-19(20-3)23-14-17-10-6-9-16-11-7-13-21-18(16)17;/h6-7,9-11,13,15H,4-5,8,12,14H2,1-3H3,(H2,20,22,23);1H. The fourth-order valence-electron chi connectivity index (χ4n) is 2.59. The molecule has 24 heavy (non-hydrogen) atoms. The maximum Gasteiger partial charge on any atom is 0.191 e. The number of nitrogens with zero attached hydrogens (tertiary/aromatic N) is 2. The number of benzene rings is 1. The van der Waals surface area contributed by atoms with Crippen molar-refractivity contribution < 1.29 is 0 Å². The summed E-state index contributed by atoms with van der Waals surface area (Å²) in [5, 5.41) is 7.93. The van der Waals surface area contributed by atoms with Gasteiger partial charge in [-0.15, -0.1) is 24.0 Å². The lowest BCUT2D eigenvalue weighted by molar-refractivity contribution is 0.534. The van der Waals surface area contributed by atoms with Crippen molar-refractivity contribution in [1.82, 2.24) is 15.6 Å². The molecule has 4 nitrogen and oxygen atoms in total. The van der Waals surface area contributed by atoms with E-state index in [0.29, 0.717) is 0 Å². The van der Waals surface area contributed by atoms with Gasteiger partial charge in [-0.3, -0.25) is 9.98 Å². The number of para-hydroxylation sites is 1. The molecule has 0 aliphatic carbocycles. The lowest BCUT2D eigenvalue weighted by Gasteiger charge is -2.13. The lowest BCUT2D eigenvalue weighted by Crippen LogP contribution is -2.37. The zero-order chi connectivity index (χ0) is 16.5. The van der Waals surface area contributed by atoms with E-state index in [4.69, 9.17) is 0 Å². The van der Waals surface area contributed by atoms with E-state index in [1.54, 1.807) is 0 Å². The number of hydrogen-bond acceptors (Lipinski definition) is 2. The number of rotatable bonds is 7. The third kappa shape index (κ3) is 6.63. The van der Waals surface area contributed by atoms with Gasteiger partial charge in [-0.05, 0) is 24.0 Å². The molecular formula is C19H29IN4. The van der Waals surface area contributed by atoms with Gasteiger partial charge >= 0.3 is 0 Å². The number of aromatic nitrogens is 1. The van der Waals surface area contributed by atoms with E-state index in [2.05, 4.69) is 58.7 Å². The van der Waals surface area contributed by atoms with Gasteiger partial charge in [0.25, 0.3) is 0 Å². The third-order valence-electron chi connectivity index (χ3n) is 3.89. The third-order valence-corrected chi connectivity index (χ3v) is 3.89. The molecule has 0 aliphatic rings. The van der Waals surface area contributed by atoms with Crippen LogP contribution in [-0.4, -0.2) is 24.5 Å². The number of fused-ring (bicyclic) bond motifs is 1. The first-order chi connectivity index (χ1) is 11.2. The van der Waals surface area contributed by atoms with Gasteiger partial charge in [0.15, 0.2) is 5.96 Å². The molecule has 2 N–H and O–H groups in total. The monoisotopic (exact) mass is 440 g/mol. The van der Waals surface area contributed by atoms with Gasteiger partial charge in [0, 0.05) is 31.7 Å². The van der Waals surface area contributed by atoms with E-state index in [9.17, 15) is 0 Å². The smallest absolute Gasteiger partial charge is 0.191 e. The number of halogens is 1. The van der Waals surface area contributed by atoms with Gasteiger partial charge in [0.2, 0.25) is 0 Å². The Kier molecular flexibility index (Phi) is 9.67. The molecule has 0 spiro atoms. The topological polar surface area (TPSA) is 49.3 Å². The van der Waals surface area contributed by atoms with E-state index < -0.39 is 0 Å². The van der Waals surface area contributed by atoms with E-state index in [1.807, 2.05) is 19.3 Å². The van der Waals surface area contributed by atoms with Crippen LogP contribution in [-0.2, 0) is 6.54 Å². The van der Waals surface area contributed by atoms with E-state index in [1.165, 1.54) is 30.2 Å². The van der Waals surface area contributed by atoms with Gasteiger partial charge in [-0.1, -0.05) is 51.0 Å². The molecule has 2 rings (SSSR count). The largest absolute Gasteiger partial charge is 0.356 e. The molecule has 0 unspecified atom stereocenters. The zero-order valence-corrected chi connectivity index (χ0v) is 17.2. The number of aliphatic imine (C=N–C) groups is 1. The first kappa shape index (κ1) is 20.7. The average molecular weight is 440 g/mol. The summed E-state index contributed by atoms with van der Waals surface area (Å²) in [4.78, 5) is 8.78. The van der Waals surface area contributed by atoms with E-state index in [-0.39, 0.29) is 24.0 Å². The number of pyridine rings is 1. The van der Waals surface area contributed by atoms with Crippen molar-refractivity contribution in [2.45, 2.75) is 39.7 Å². The molecule has 0 fully saturated rings. The molecule has 0 saturated carbocycles. The second kappa shape index (κ2) is 11.2. The molecule has 0 atom stereocenters. The number of guanidine groups is 1. The summed E-state index contributed by atoms with van der Waals surface area (Å²) >= 11 is 0. The molecule has 0 amide bonds. The van der Waals surface area contributed by atoms with Crippen LogP contribution >= 0.6 is 24.0 Å². The highest BCUT2D eigenvalue weighted by Gasteiger charge is 2.03. The predicted molar refractivity (Wildman–Crippen MR) is 114 cm³/mol. The van der Waals surface area contributed by atoms with Crippen molar-refractivity contribution in [1.29, 1.82) is 0 Å². The first-order valence-electron chi connectivity index (χ1n) is 8.48. The Labute approximate surface area is 162 Å². The lowest BCUT2D eigenvalue weighted by atomic mass is 10.1. The maximum atomic E-state index is 4.49. The SMILES string of the molecule is CN=C(NCCCCC(C)C)NCc1cccc2cccnc12.I. The van der Waals surface area contributed by atoms with E-state index >= 15 is 0 Å². The van der Waals surface area contributed by atoms with Crippen LogP contribution in [0.5, 0.6) is 0 Å². The van der Waals surface area contributed by atoms with Gasteiger partial charge in [0.1, 0.15) is 0 Å². The van der Waals surface area contributed by atoms with Gasteiger partial charge in [-0.25, -0.2) is 0 Å². The van der Waals surface area contributed by atoms with Crippen LogP contribution in [0.3, 0.4) is 0 Å². The minimum atomic E-state index is 0. The molecule has 1 aromatic heterocycles. The zero-order valence-electron chi connectivity index (χ0n) is 14.9. The molecule has 0 saturated heterocycles. The minimum absolute atomic E-state index is 0.